The molecular formula is C14H13F3N2O4. The Kier molecular flexibility index (Phi) is 5.12. The number of benzene rings is 1. The highest BCUT2D eigenvalue weighted by atomic mass is 19.4. The fraction of sp³-hybridized carbons (Fsp3) is 0.214. The standard InChI is InChI=1S/C14H13F3N2O4/c15-14(16,17)23-10-5-3-9(4-6-10)19-13(21)18-8-11(20)12-2-1-7-22-12/h1-7,11,20H,8H2,(H2,18,19,21). The summed E-state index contributed by atoms with van der Waals surface area (Å²) in [5.74, 6) is -0.0874. The van der Waals surface area contributed by atoms with Gasteiger partial charge in [0, 0.05) is 5.69 Å². The molecule has 2 amide bonds. The lowest BCUT2D eigenvalue weighted by molar-refractivity contribution is -0.274. The third-order valence-corrected chi connectivity index (χ3v) is 2.67. The van der Waals surface area contributed by atoms with E-state index in [-0.39, 0.29) is 12.2 Å². The Hall–Kier alpha value is -2.68. The molecule has 2 rings (SSSR count). The summed E-state index contributed by atoms with van der Waals surface area (Å²) in [6.07, 6.45) is -4.38. The van der Waals surface area contributed by atoms with Crippen molar-refractivity contribution in [1.82, 2.24) is 5.32 Å². The van der Waals surface area contributed by atoms with E-state index in [9.17, 15) is 23.1 Å². The first-order valence-electron chi connectivity index (χ1n) is 6.45. The molecule has 23 heavy (non-hydrogen) atoms. The van der Waals surface area contributed by atoms with Crippen molar-refractivity contribution >= 4 is 11.7 Å². The minimum Gasteiger partial charge on any atom is -0.467 e. The third-order valence-electron chi connectivity index (χ3n) is 2.67. The Morgan fingerprint density at radius 3 is 2.52 bits per heavy atom. The summed E-state index contributed by atoms with van der Waals surface area (Å²) in [5, 5.41) is 14.5. The van der Waals surface area contributed by atoms with Gasteiger partial charge >= 0.3 is 12.4 Å². The second-order valence-electron chi connectivity index (χ2n) is 4.44. The normalized spacial score (nSPS) is 12.5. The number of alkyl halides is 3. The lowest BCUT2D eigenvalue weighted by Crippen LogP contribution is -2.32. The van der Waals surface area contributed by atoms with Gasteiger partial charge in [0.2, 0.25) is 0 Å². The first-order chi connectivity index (χ1) is 10.8. The van der Waals surface area contributed by atoms with Crippen LogP contribution in [0.15, 0.2) is 47.1 Å². The van der Waals surface area contributed by atoms with Crippen molar-refractivity contribution in [3.05, 3.63) is 48.4 Å². The Bertz CT molecular complexity index is 626. The van der Waals surface area contributed by atoms with Crippen LogP contribution in [0.2, 0.25) is 0 Å². The molecule has 0 saturated heterocycles. The van der Waals surface area contributed by atoms with Crippen LogP contribution in [0.3, 0.4) is 0 Å². The van der Waals surface area contributed by atoms with Crippen LogP contribution >= 0.6 is 0 Å². The van der Waals surface area contributed by atoms with Gasteiger partial charge < -0.3 is 24.9 Å². The Morgan fingerprint density at radius 1 is 1.26 bits per heavy atom. The number of carbonyl (C=O) groups is 1. The maximum atomic E-state index is 12.0. The van der Waals surface area contributed by atoms with Gasteiger partial charge in [-0.2, -0.15) is 0 Å². The predicted octanol–water partition coefficient (Wildman–Crippen LogP) is 3.03. The van der Waals surface area contributed by atoms with Crippen molar-refractivity contribution in [1.29, 1.82) is 0 Å². The van der Waals surface area contributed by atoms with Gasteiger partial charge in [0.1, 0.15) is 17.6 Å². The second-order valence-corrected chi connectivity index (χ2v) is 4.44. The molecule has 1 aromatic heterocycles. The van der Waals surface area contributed by atoms with Crippen LogP contribution in [0, 0.1) is 0 Å². The first kappa shape index (κ1) is 16.7. The summed E-state index contributed by atoms with van der Waals surface area (Å²) in [4.78, 5) is 11.6. The zero-order valence-corrected chi connectivity index (χ0v) is 11.6. The molecule has 0 spiro atoms. The number of carbonyl (C=O) groups excluding carboxylic acids is 1. The molecule has 2 aromatic rings. The predicted molar refractivity (Wildman–Crippen MR) is 73.8 cm³/mol. The highest BCUT2D eigenvalue weighted by Gasteiger charge is 2.30. The van der Waals surface area contributed by atoms with Gasteiger partial charge in [-0.05, 0) is 36.4 Å². The number of amides is 2. The van der Waals surface area contributed by atoms with E-state index >= 15 is 0 Å². The van der Waals surface area contributed by atoms with E-state index in [1.807, 2.05) is 0 Å². The molecule has 1 heterocycles. The van der Waals surface area contributed by atoms with Gasteiger partial charge in [-0.1, -0.05) is 0 Å². The average molecular weight is 330 g/mol. The number of urea groups is 1. The van der Waals surface area contributed by atoms with Gasteiger partial charge in [0.25, 0.3) is 0 Å². The van der Waals surface area contributed by atoms with Crippen molar-refractivity contribution < 1.29 is 32.2 Å². The fourth-order valence-electron chi connectivity index (χ4n) is 1.69. The van der Waals surface area contributed by atoms with Crippen LogP contribution in [0.4, 0.5) is 23.7 Å². The number of aliphatic hydroxyl groups excluding tert-OH is 1. The number of furan rings is 1. The summed E-state index contributed by atoms with van der Waals surface area (Å²) in [7, 11) is 0. The largest absolute Gasteiger partial charge is 0.573 e. The molecule has 124 valence electrons. The summed E-state index contributed by atoms with van der Waals surface area (Å²) in [6, 6.07) is 7.18. The van der Waals surface area contributed by atoms with Gasteiger partial charge in [-0.15, -0.1) is 13.2 Å². The lowest BCUT2D eigenvalue weighted by atomic mass is 10.3. The summed E-state index contributed by atoms with van der Waals surface area (Å²) in [6.45, 7) is -0.0887. The quantitative estimate of drug-likeness (QED) is 0.787. The smallest absolute Gasteiger partial charge is 0.467 e. The van der Waals surface area contributed by atoms with E-state index in [2.05, 4.69) is 15.4 Å². The molecule has 1 aromatic carbocycles. The molecule has 0 saturated carbocycles. The van der Waals surface area contributed by atoms with Crippen molar-refractivity contribution in [3.63, 3.8) is 0 Å². The number of hydrogen-bond acceptors (Lipinski definition) is 4. The lowest BCUT2D eigenvalue weighted by Gasteiger charge is -2.12. The summed E-state index contributed by atoms with van der Waals surface area (Å²) >= 11 is 0. The average Bonchev–Trinajstić information content (AvgIpc) is 2.99. The highest BCUT2D eigenvalue weighted by molar-refractivity contribution is 5.89. The van der Waals surface area contributed by atoms with E-state index < -0.39 is 24.2 Å². The molecule has 1 atom stereocenters. The number of halogens is 3. The molecule has 0 radical (unpaired) electrons. The molecule has 0 aliphatic carbocycles. The molecule has 6 nitrogen and oxygen atoms in total. The van der Waals surface area contributed by atoms with Gasteiger partial charge in [-0.25, -0.2) is 4.79 Å². The van der Waals surface area contributed by atoms with E-state index in [4.69, 9.17) is 4.42 Å². The number of anilines is 1. The number of ether oxygens (including phenoxy) is 1. The van der Waals surface area contributed by atoms with Crippen LogP contribution < -0.4 is 15.4 Å². The third kappa shape index (κ3) is 5.55. The van der Waals surface area contributed by atoms with E-state index in [0.29, 0.717) is 5.76 Å². The Morgan fingerprint density at radius 2 is 1.96 bits per heavy atom. The Balaban J connectivity index is 1.81. The monoisotopic (exact) mass is 330 g/mol. The van der Waals surface area contributed by atoms with Crippen LogP contribution in [0.1, 0.15) is 11.9 Å². The number of nitrogens with one attached hydrogen (secondary N) is 2. The number of aliphatic hydroxyl groups is 1. The second kappa shape index (κ2) is 7.05. The Labute approximate surface area is 128 Å². The minimum atomic E-state index is -4.77. The maximum Gasteiger partial charge on any atom is 0.573 e. The summed E-state index contributed by atoms with van der Waals surface area (Å²) < 4.78 is 44.7. The van der Waals surface area contributed by atoms with Crippen LogP contribution in [-0.2, 0) is 0 Å². The molecule has 0 fully saturated rings. The van der Waals surface area contributed by atoms with Crippen LogP contribution in [-0.4, -0.2) is 24.0 Å². The van der Waals surface area contributed by atoms with Crippen LogP contribution in [0.5, 0.6) is 5.75 Å². The molecule has 1 unspecified atom stereocenters. The van der Waals surface area contributed by atoms with E-state index in [1.54, 1.807) is 12.1 Å². The topological polar surface area (TPSA) is 83.7 Å². The van der Waals surface area contributed by atoms with Crippen LogP contribution in [0.25, 0.3) is 0 Å². The first-order valence-corrected chi connectivity index (χ1v) is 6.45. The van der Waals surface area contributed by atoms with Crippen molar-refractivity contribution in [2.45, 2.75) is 12.5 Å². The molecule has 0 aliphatic heterocycles. The number of rotatable bonds is 5. The molecule has 0 bridgehead atoms. The van der Waals surface area contributed by atoms with Gasteiger partial charge in [0.15, 0.2) is 0 Å². The highest BCUT2D eigenvalue weighted by Crippen LogP contribution is 2.23. The maximum absolute atomic E-state index is 12.0. The summed E-state index contributed by atoms with van der Waals surface area (Å²) in [5.41, 5.74) is 0.268. The molecule has 9 heteroatoms. The van der Waals surface area contributed by atoms with Crippen molar-refractivity contribution in [2.24, 2.45) is 0 Å². The molecular weight excluding hydrogens is 317 g/mol. The van der Waals surface area contributed by atoms with E-state index in [1.165, 1.54) is 18.4 Å². The fourth-order valence-corrected chi connectivity index (χ4v) is 1.69. The zero-order valence-electron chi connectivity index (χ0n) is 11.6. The van der Waals surface area contributed by atoms with Gasteiger partial charge in [-0.3, -0.25) is 0 Å². The van der Waals surface area contributed by atoms with Gasteiger partial charge in [0.05, 0.1) is 12.8 Å². The SMILES string of the molecule is O=C(NCC(O)c1ccco1)Nc1ccc(OC(F)(F)F)cc1. The van der Waals surface area contributed by atoms with E-state index in [0.717, 1.165) is 12.1 Å². The molecule has 3 N–H and O–H groups in total. The van der Waals surface area contributed by atoms with Crippen molar-refractivity contribution in [3.8, 4) is 5.75 Å². The zero-order chi connectivity index (χ0) is 16.9. The minimum absolute atomic E-state index is 0.0887. The molecule has 0 aliphatic rings. The van der Waals surface area contributed by atoms with Crippen molar-refractivity contribution in [2.75, 3.05) is 11.9 Å². The number of hydrogen-bond donors (Lipinski definition) is 3.